The Morgan fingerprint density at radius 2 is 1.72 bits per heavy atom. The summed E-state index contributed by atoms with van der Waals surface area (Å²) in [7, 11) is 1.60. The third-order valence-electron chi connectivity index (χ3n) is 6.69. The lowest BCUT2D eigenvalue weighted by Gasteiger charge is -2.36. The summed E-state index contributed by atoms with van der Waals surface area (Å²) >= 11 is 6.50. The third kappa shape index (κ3) is 4.45. The molecule has 1 aromatic heterocycles. The van der Waals surface area contributed by atoms with E-state index in [1.54, 1.807) is 42.3 Å². The van der Waals surface area contributed by atoms with Gasteiger partial charge in [0.2, 0.25) is 0 Å². The number of ether oxygens (including phenoxy) is 1. The molecule has 3 heterocycles. The predicted molar refractivity (Wildman–Crippen MR) is 131 cm³/mol. The number of rotatable bonds is 4. The summed E-state index contributed by atoms with van der Waals surface area (Å²) in [6.45, 7) is 1.82. The van der Waals surface area contributed by atoms with E-state index in [1.807, 2.05) is 24.3 Å². The topological polar surface area (TPSA) is 62.6 Å². The largest absolute Gasteiger partial charge is 0.495 e. The van der Waals surface area contributed by atoms with Crippen LogP contribution >= 0.6 is 11.6 Å². The van der Waals surface area contributed by atoms with E-state index in [0.29, 0.717) is 31.7 Å². The molecular weight excluding hydrogens is 495 g/mol. The van der Waals surface area contributed by atoms with E-state index in [4.69, 9.17) is 16.3 Å². The molecule has 0 unspecified atom stereocenters. The predicted octanol–water partition coefficient (Wildman–Crippen LogP) is 5.17. The molecule has 7 nitrogen and oxygen atoms in total. The molecule has 2 aliphatic rings. The fourth-order valence-electron chi connectivity index (χ4n) is 4.82. The van der Waals surface area contributed by atoms with Crippen LogP contribution in [0.2, 0.25) is 5.02 Å². The first-order valence-electron chi connectivity index (χ1n) is 11.6. The van der Waals surface area contributed by atoms with Crippen molar-refractivity contribution in [1.82, 2.24) is 14.7 Å². The van der Waals surface area contributed by atoms with Crippen LogP contribution in [0.25, 0.3) is 0 Å². The lowest BCUT2D eigenvalue weighted by atomic mass is 9.97. The fraction of sp³-hybridized carbons (Fsp3) is 0.360. The minimum absolute atomic E-state index is 0.00935. The van der Waals surface area contributed by atoms with Crippen molar-refractivity contribution in [2.75, 3.05) is 43.5 Å². The van der Waals surface area contributed by atoms with Crippen molar-refractivity contribution in [2.24, 2.45) is 0 Å². The van der Waals surface area contributed by atoms with Crippen LogP contribution in [0.4, 0.5) is 24.7 Å². The lowest BCUT2D eigenvalue weighted by molar-refractivity contribution is -0.173. The highest BCUT2D eigenvalue weighted by molar-refractivity contribution is 6.36. The van der Waals surface area contributed by atoms with Gasteiger partial charge in [0, 0.05) is 32.6 Å². The number of carbonyl (C=O) groups excluding carboxylic acids is 1. The first kappa shape index (κ1) is 24.3. The number of hydrogen-bond donors (Lipinski definition) is 1. The Morgan fingerprint density at radius 1 is 1.06 bits per heavy atom. The second-order valence-electron chi connectivity index (χ2n) is 8.81. The molecule has 1 N–H and O–H groups in total. The molecular formula is C25H25ClF3N5O2. The molecule has 0 spiro atoms. The van der Waals surface area contributed by atoms with Crippen molar-refractivity contribution in [3.8, 4) is 5.75 Å². The fourth-order valence-corrected chi connectivity index (χ4v) is 5.08. The first-order valence-corrected chi connectivity index (χ1v) is 12.0. The summed E-state index contributed by atoms with van der Waals surface area (Å²) in [6.07, 6.45) is -4.82. The van der Waals surface area contributed by atoms with Crippen LogP contribution in [-0.4, -0.2) is 60.1 Å². The van der Waals surface area contributed by atoms with Gasteiger partial charge in [-0.2, -0.15) is 18.3 Å². The number of nitrogens with one attached hydrogen (secondary N) is 1. The van der Waals surface area contributed by atoms with Gasteiger partial charge in [-0.05, 0) is 17.7 Å². The Kier molecular flexibility index (Phi) is 6.46. The number of carbonyl (C=O) groups is 1. The maximum absolute atomic E-state index is 14.0. The van der Waals surface area contributed by atoms with Crippen LogP contribution in [-0.2, 0) is 0 Å². The highest BCUT2D eigenvalue weighted by Gasteiger charge is 2.48. The number of alkyl halides is 3. The number of para-hydroxylation sites is 2. The lowest BCUT2D eigenvalue weighted by Crippen LogP contribution is -2.49. The summed E-state index contributed by atoms with van der Waals surface area (Å²) in [5.41, 5.74) is 1.45. The van der Waals surface area contributed by atoms with Gasteiger partial charge in [0.25, 0.3) is 5.91 Å². The van der Waals surface area contributed by atoms with E-state index in [2.05, 4.69) is 15.3 Å². The second kappa shape index (κ2) is 9.57. The highest BCUT2D eigenvalue weighted by atomic mass is 35.5. The number of aromatic nitrogens is 2. The molecule has 190 valence electrons. The molecule has 0 radical (unpaired) electrons. The summed E-state index contributed by atoms with van der Waals surface area (Å²) in [6, 6.07) is 14.0. The Morgan fingerprint density at radius 3 is 2.39 bits per heavy atom. The van der Waals surface area contributed by atoms with Gasteiger partial charge in [-0.1, -0.05) is 54.1 Å². The maximum atomic E-state index is 14.0. The van der Waals surface area contributed by atoms with Gasteiger partial charge < -0.3 is 19.9 Å². The molecule has 0 saturated carbocycles. The number of halogens is 4. The van der Waals surface area contributed by atoms with Crippen LogP contribution in [0.5, 0.6) is 5.75 Å². The highest BCUT2D eigenvalue weighted by Crippen LogP contribution is 2.46. The molecule has 5 rings (SSSR count). The Bertz CT molecular complexity index is 1240. The van der Waals surface area contributed by atoms with E-state index >= 15 is 0 Å². The van der Waals surface area contributed by atoms with Gasteiger partial charge in [-0.3, -0.25) is 4.79 Å². The van der Waals surface area contributed by atoms with Gasteiger partial charge >= 0.3 is 6.18 Å². The number of piperazine rings is 1. The minimum atomic E-state index is -4.56. The molecule has 2 aromatic carbocycles. The number of amides is 1. The van der Waals surface area contributed by atoms with Gasteiger partial charge in [-0.25, -0.2) is 4.68 Å². The van der Waals surface area contributed by atoms with Crippen molar-refractivity contribution in [3.63, 3.8) is 0 Å². The van der Waals surface area contributed by atoms with E-state index < -0.39 is 24.2 Å². The normalized spacial score (nSPS) is 20.0. The molecule has 0 aliphatic carbocycles. The molecule has 36 heavy (non-hydrogen) atoms. The zero-order valence-corrected chi connectivity index (χ0v) is 20.3. The molecule has 3 aromatic rings. The number of methoxy groups -OCH3 is 1. The zero-order chi connectivity index (χ0) is 25.4. The minimum Gasteiger partial charge on any atom is -0.495 e. The smallest absolute Gasteiger partial charge is 0.410 e. The third-order valence-corrected chi connectivity index (χ3v) is 7.05. The van der Waals surface area contributed by atoms with E-state index in [0.717, 1.165) is 16.1 Å². The Balaban J connectivity index is 1.38. The van der Waals surface area contributed by atoms with Gasteiger partial charge in [-0.15, -0.1) is 0 Å². The standard InChI is InChI=1S/C25H25ClF3N5O2/c1-36-19-10-6-5-9-18(19)32-11-13-33(14-12-32)24(35)22-21(26)23-30-17(16-7-3-2-4-8-16)15-20(25(27,28)29)34(23)31-22/h2-10,17,20,30H,11-15H2,1H3/t17-,20+/m0/s1. The average Bonchev–Trinajstić information content (AvgIpc) is 3.23. The van der Waals surface area contributed by atoms with Gasteiger partial charge in [0.15, 0.2) is 11.7 Å². The van der Waals surface area contributed by atoms with Crippen molar-refractivity contribution >= 4 is 29.0 Å². The number of anilines is 2. The SMILES string of the molecule is COc1ccccc1N1CCN(C(=O)c2nn3c(c2Cl)N[C@H](c2ccccc2)C[C@@H]3C(F)(F)F)CC1. The molecule has 1 fully saturated rings. The van der Waals surface area contributed by atoms with Crippen LogP contribution in [0.3, 0.4) is 0 Å². The van der Waals surface area contributed by atoms with E-state index in [9.17, 15) is 18.0 Å². The number of nitrogens with zero attached hydrogens (tertiary/aromatic N) is 4. The second-order valence-corrected chi connectivity index (χ2v) is 9.19. The van der Waals surface area contributed by atoms with Crippen molar-refractivity contribution in [3.05, 3.63) is 70.9 Å². The summed E-state index contributed by atoms with van der Waals surface area (Å²) in [4.78, 5) is 17.0. The van der Waals surface area contributed by atoms with Crippen LogP contribution in [0.1, 0.15) is 34.6 Å². The van der Waals surface area contributed by atoms with Crippen molar-refractivity contribution < 1.29 is 22.7 Å². The molecule has 1 saturated heterocycles. The molecule has 2 atom stereocenters. The molecule has 2 aliphatic heterocycles. The Labute approximate surface area is 211 Å². The summed E-state index contributed by atoms with van der Waals surface area (Å²) < 4.78 is 48.3. The van der Waals surface area contributed by atoms with Gasteiger partial charge in [0.1, 0.15) is 16.6 Å². The zero-order valence-electron chi connectivity index (χ0n) is 19.5. The van der Waals surface area contributed by atoms with E-state index in [1.165, 1.54) is 0 Å². The maximum Gasteiger partial charge on any atom is 0.410 e. The van der Waals surface area contributed by atoms with Crippen LogP contribution in [0.15, 0.2) is 54.6 Å². The number of benzene rings is 2. The monoisotopic (exact) mass is 519 g/mol. The summed E-state index contributed by atoms with van der Waals surface area (Å²) in [5.74, 6) is 0.259. The summed E-state index contributed by atoms with van der Waals surface area (Å²) in [5, 5.41) is 7.07. The van der Waals surface area contributed by atoms with Crippen LogP contribution < -0.4 is 15.0 Å². The first-order chi connectivity index (χ1) is 17.3. The molecule has 11 heteroatoms. The molecule has 0 bridgehead atoms. The van der Waals surface area contributed by atoms with E-state index in [-0.39, 0.29) is 23.0 Å². The quantitative estimate of drug-likeness (QED) is 0.515. The van der Waals surface area contributed by atoms with Crippen molar-refractivity contribution in [1.29, 1.82) is 0 Å². The number of fused-ring (bicyclic) bond motifs is 1. The Hall–Kier alpha value is -3.40. The van der Waals surface area contributed by atoms with Gasteiger partial charge in [0.05, 0.1) is 18.8 Å². The number of hydrogen-bond acceptors (Lipinski definition) is 5. The van der Waals surface area contributed by atoms with Crippen LogP contribution in [0, 0.1) is 0 Å². The molecule has 1 amide bonds. The van der Waals surface area contributed by atoms with Crippen molar-refractivity contribution in [2.45, 2.75) is 24.7 Å². The average molecular weight is 520 g/mol.